The Labute approximate surface area is 95.0 Å². The van der Waals surface area contributed by atoms with Crippen molar-refractivity contribution in [3.8, 4) is 0 Å². The van der Waals surface area contributed by atoms with Gasteiger partial charge in [0.15, 0.2) is 0 Å². The second kappa shape index (κ2) is 4.71. The molecule has 0 aliphatic rings. The first-order chi connectivity index (χ1) is 6.99. The second-order valence-electron chi connectivity index (χ2n) is 3.63. The molecule has 0 bridgehead atoms. The van der Waals surface area contributed by atoms with Gasteiger partial charge < -0.3 is 9.32 Å². The minimum atomic E-state index is -0.0255. The summed E-state index contributed by atoms with van der Waals surface area (Å²) in [4.78, 5) is 13.6. The van der Waals surface area contributed by atoms with Crippen molar-refractivity contribution >= 4 is 17.5 Å². The summed E-state index contributed by atoms with van der Waals surface area (Å²) in [5.74, 6) is 1.89. The average Bonchev–Trinajstić information content (AvgIpc) is 2.41. The van der Waals surface area contributed by atoms with Gasteiger partial charge in [-0.3, -0.25) is 4.79 Å². The molecule has 0 spiro atoms. The van der Waals surface area contributed by atoms with Crippen LogP contribution < -0.4 is 0 Å². The number of alkyl halides is 1. The van der Waals surface area contributed by atoms with E-state index in [2.05, 4.69) is 0 Å². The van der Waals surface area contributed by atoms with Crippen LogP contribution in [0.4, 0.5) is 0 Å². The molecule has 1 aromatic heterocycles. The molecule has 15 heavy (non-hydrogen) atoms. The van der Waals surface area contributed by atoms with Crippen molar-refractivity contribution in [1.29, 1.82) is 0 Å². The average molecular weight is 230 g/mol. The molecule has 1 rings (SSSR count). The molecular weight excluding hydrogens is 214 g/mol. The van der Waals surface area contributed by atoms with Crippen LogP contribution in [0.5, 0.6) is 0 Å². The lowest BCUT2D eigenvalue weighted by Gasteiger charge is -2.15. The van der Waals surface area contributed by atoms with Crippen LogP contribution in [0.2, 0.25) is 0 Å². The number of amides is 1. The maximum atomic E-state index is 12.0. The van der Waals surface area contributed by atoms with Crippen LogP contribution in [0.3, 0.4) is 0 Å². The van der Waals surface area contributed by atoms with Crippen LogP contribution in [0.25, 0.3) is 0 Å². The Balaban J connectivity index is 3.00. The third kappa shape index (κ3) is 2.34. The minimum Gasteiger partial charge on any atom is -0.466 e. The van der Waals surface area contributed by atoms with Crippen LogP contribution in [-0.4, -0.2) is 30.3 Å². The molecule has 1 amide bonds. The first-order valence-corrected chi connectivity index (χ1v) is 5.40. The molecule has 1 aromatic rings. The van der Waals surface area contributed by atoms with Gasteiger partial charge in [0.2, 0.25) is 0 Å². The van der Waals surface area contributed by atoms with E-state index in [1.807, 2.05) is 20.8 Å². The van der Waals surface area contributed by atoms with E-state index in [9.17, 15) is 4.79 Å². The van der Waals surface area contributed by atoms with Crippen molar-refractivity contribution in [3.63, 3.8) is 0 Å². The van der Waals surface area contributed by atoms with E-state index < -0.39 is 0 Å². The van der Waals surface area contributed by atoms with Crippen molar-refractivity contribution in [2.75, 3.05) is 19.5 Å². The van der Waals surface area contributed by atoms with E-state index in [-0.39, 0.29) is 5.91 Å². The highest BCUT2D eigenvalue weighted by atomic mass is 35.5. The Kier molecular flexibility index (Phi) is 3.80. The van der Waals surface area contributed by atoms with Gasteiger partial charge in [0, 0.05) is 25.0 Å². The molecule has 0 saturated carbocycles. The Bertz CT molecular complexity index is 371. The Morgan fingerprint density at radius 3 is 2.33 bits per heavy atom. The standard InChI is InChI=1S/C11H16ClNO2/c1-7-8(2)15-9(3)10(7)11(14)13(4)6-5-12/h5-6H2,1-4H3. The summed E-state index contributed by atoms with van der Waals surface area (Å²) in [6.45, 7) is 6.11. The summed E-state index contributed by atoms with van der Waals surface area (Å²) in [6, 6.07) is 0. The topological polar surface area (TPSA) is 33.5 Å². The minimum absolute atomic E-state index is 0.0255. The SMILES string of the molecule is Cc1oc(C)c(C(=O)N(C)CCCl)c1C. The van der Waals surface area contributed by atoms with Crippen molar-refractivity contribution in [2.45, 2.75) is 20.8 Å². The molecule has 0 unspecified atom stereocenters. The first kappa shape index (κ1) is 12.1. The van der Waals surface area contributed by atoms with Crippen molar-refractivity contribution in [3.05, 3.63) is 22.6 Å². The molecule has 0 saturated heterocycles. The molecule has 84 valence electrons. The zero-order chi connectivity index (χ0) is 11.6. The number of aryl methyl sites for hydroxylation is 2. The number of rotatable bonds is 3. The lowest BCUT2D eigenvalue weighted by molar-refractivity contribution is 0.0801. The van der Waals surface area contributed by atoms with Crippen molar-refractivity contribution in [1.82, 2.24) is 4.90 Å². The number of carbonyl (C=O) groups is 1. The first-order valence-electron chi connectivity index (χ1n) is 4.87. The summed E-state index contributed by atoms with van der Waals surface area (Å²) >= 11 is 5.60. The van der Waals surface area contributed by atoms with Crippen LogP contribution in [0.15, 0.2) is 4.42 Å². The van der Waals surface area contributed by atoms with E-state index in [1.165, 1.54) is 0 Å². The number of hydrogen-bond donors (Lipinski definition) is 0. The second-order valence-corrected chi connectivity index (χ2v) is 4.01. The zero-order valence-electron chi connectivity index (χ0n) is 9.56. The van der Waals surface area contributed by atoms with Gasteiger partial charge in [-0.25, -0.2) is 0 Å². The number of halogens is 1. The van der Waals surface area contributed by atoms with Crippen molar-refractivity contribution < 1.29 is 9.21 Å². The molecule has 0 fully saturated rings. The number of carbonyl (C=O) groups excluding carboxylic acids is 1. The van der Waals surface area contributed by atoms with Crippen LogP contribution in [0, 0.1) is 20.8 Å². The summed E-state index contributed by atoms with van der Waals surface area (Å²) in [7, 11) is 1.74. The Hall–Kier alpha value is -0.960. The van der Waals surface area contributed by atoms with E-state index in [4.69, 9.17) is 16.0 Å². The largest absolute Gasteiger partial charge is 0.466 e. The Morgan fingerprint density at radius 2 is 1.93 bits per heavy atom. The Morgan fingerprint density at radius 1 is 1.33 bits per heavy atom. The highest BCUT2D eigenvalue weighted by Gasteiger charge is 2.21. The fourth-order valence-corrected chi connectivity index (χ4v) is 1.78. The molecule has 4 heteroatoms. The van der Waals surface area contributed by atoms with Gasteiger partial charge >= 0.3 is 0 Å². The lowest BCUT2D eigenvalue weighted by Crippen LogP contribution is -2.29. The molecule has 0 aromatic carbocycles. The molecule has 1 heterocycles. The van der Waals surface area contributed by atoms with Gasteiger partial charge in [-0.05, 0) is 20.8 Å². The number of hydrogen-bond acceptors (Lipinski definition) is 2. The molecule has 0 atom stereocenters. The smallest absolute Gasteiger partial charge is 0.257 e. The lowest BCUT2D eigenvalue weighted by atomic mass is 10.1. The molecule has 3 nitrogen and oxygen atoms in total. The summed E-state index contributed by atoms with van der Waals surface area (Å²) in [6.07, 6.45) is 0. The normalized spacial score (nSPS) is 10.5. The van der Waals surface area contributed by atoms with Crippen LogP contribution in [-0.2, 0) is 0 Å². The highest BCUT2D eigenvalue weighted by Crippen LogP contribution is 2.21. The van der Waals surface area contributed by atoms with Gasteiger partial charge in [-0.2, -0.15) is 0 Å². The predicted molar refractivity (Wildman–Crippen MR) is 60.6 cm³/mol. The van der Waals surface area contributed by atoms with E-state index in [0.29, 0.717) is 23.7 Å². The van der Waals surface area contributed by atoms with E-state index >= 15 is 0 Å². The van der Waals surface area contributed by atoms with Gasteiger partial charge in [0.1, 0.15) is 11.5 Å². The van der Waals surface area contributed by atoms with Crippen LogP contribution in [0.1, 0.15) is 27.4 Å². The molecule has 0 N–H and O–H groups in total. The number of nitrogens with zero attached hydrogens (tertiary/aromatic N) is 1. The third-order valence-electron chi connectivity index (χ3n) is 2.54. The van der Waals surface area contributed by atoms with E-state index in [1.54, 1.807) is 11.9 Å². The van der Waals surface area contributed by atoms with Gasteiger partial charge in [0.05, 0.1) is 5.56 Å². The summed E-state index contributed by atoms with van der Waals surface area (Å²) < 4.78 is 5.41. The fraction of sp³-hybridized carbons (Fsp3) is 0.545. The van der Waals surface area contributed by atoms with Crippen LogP contribution >= 0.6 is 11.6 Å². The fourth-order valence-electron chi connectivity index (χ4n) is 1.53. The maximum absolute atomic E-state index is 12.0. The quantitative estimate of drug-likeness (QED) is 0.747. The van der Waals surface area contributed by atoms with Gasteiger partial charge in [0.25, 0.3) is 5.91 Å². The van der Waals surface area contributed by atoms with Gasteiger partial charge in [-0.15, -0.1) is 11.6 Å². The molecule has 0 aliphatic heterocycles. The molecule has 0 radical (unpaired) electrons. The monoisotopic (exact) mass is 229 g/mol. The zero-order valence-corrected chi connectivity index (χ0v) is 10.3. The number of furan rings is 1. The van der Waals surface area contributed by atoms with E-state index in [0.717, 1.165) is 11.3 Å². The maximum Gasteiger partial charge on any atom is 0.257 e. The summed E-state index contributed by atoms with van der Waals surface area (Å²) in [5, 5.41) is 0. The summed E-state index contributed by atoms with van der Waals surface area (Å²) in [5.41, 5.74) is 1.58. The molecular formula is C11H16ClNO2. The van der Waals surface area contributed by atoms with Gasteiger partial charge in [-0.1, -0.05) is 0 Å². The third-order valence-corrected chi connectivity index (χ3v) is 2.71. The predicted octanol–water partition coefficient (Wildman–Crippen LogP) is 2.52. The molecule has 0 aliphatic carbocycles. The highest BCUT2D eigenvalue weighted by molar-refractivity contribution is 6.18. The van der Waals surface area contributed by atoms with Crippen molar-refractivity contribution in [2.24, 2.45) is 0 Å².